The van der Waals surface area contributed by atoms with E-state index < -0.39 is 4.92 Å². The topological polar surface area (TPSA) is 84.6 Å². The summed E-state index contributed by atoms with van der Waals surface area (Å²) in [6.45, 7) is 0.904. The third-order valence-corrected chi connectivity index (χ3v) is 4.35. The van der Waals surface area contributed by atoms with Crippen molar-refractivity contribution >= 4 is 5.69 Å². The molecule has 1 saturated heterocycles. The van der Waals surface area contributed by atoms with Gasteiger partial charge in [0.05, 0.1) is 17.1 Å². The van der Waals surface area contributed by atoms with E-state index in [-0.39, 0.29) is 35.9 Å². The summed E-state index contributed by atoms with van der Waals surface area (Å²) < 4.78 is 19.0. The predicted molar refractivity (Wildman–Crippen MR) is 89.7 cm³/mol. The lowest BCUT2D eigenvalue weighted by Gasteiger charge is -2.25. The van der Waals surface area contributed by atoms with Crippen molar-refractivity contribution in [1.82, 2.24) is 5.32 Å². The van der Waals surface area contributed by atoms with Crippen LogP contribution in [0.25, 0.3) is 0 Å². The minimum atomic E-state index is -0.500. The molecule has 3 rings (SSSR count). The molecule has 0 spiro atoms. The lowest BCUT2D eigenvalue weighted by Crippen LogP contribution is -2.31. The smallest absolute Gasteiger partial charge is 0.270 e. The number of phenolic OH excluding ortho intramolecular Hbond substituents is 1. The fraction of sp³-hybridized carbons (Fsp3) is 0.333. The Morgan fingerprint density at radius 1 is 1.32 bits per heavy atom. The molecule has 1 aliphatic rings. The van der Waals surface area contributed by atoms with Gasteiger partial charge in [0.1, 0.15) is 11.6 Å². The van der Waals surface area contributed by atoms with Crippen LogP contribution in [0.3, 0.4) is 0 Å². The molecule has 0 saturated carbocycles. The lowest BCUT2D eigenvalue weighted by atomic mass is 9.98. The van der Waals surface area contributed by atoms with Crippen LogP contribution in [-0.2, 0) is 11.3 Å². The van der Waals surface area contributed by atoms with Gasteiger partial charge in [0, 0.05) is 30.8 Å². The molecule has 0 radical (unpaired) electrons. The van der Waals surface area contributed by atoms with E-state index in [1.165, 1.54) is 30.3 Å². The van der Waals surface area contributed by atoms with Crippen LogP contribution in [0.5, 0.6) is 5.75 Å². The summed E-state index contributed by atoms with van der Waals surface area (Å²) in [7, 11) is 0. The zero-order valence-electron chi connectivity index (χ0n) is 13.5. The standard InChI is InChI=1S/C18H19FN2O4/c19-14-5-3-12(4-6-14)18(17-2-1-9-25-17)20-11-13-10-15(21(23)24)7-8-16(13)22/h3-8,10,17-18,20,22H,1-2,9,11H2. The number of benzene rings is 2. The molecule has 0 amide bonds. The maximum atomic E-state index is 13.2. The van der Waals surface area contributed by atoms with Crippen molar-refractivity contribution in [2.75, 3.05) is 6.61 Å². The Morgan fingerprint density at radius 3 is 2.72 bits per heavy atom. The van der Waals surface area contributed by atoms with Gasteiger partial charge in [-0.1, -0.05) is 12.1 Å². The number of nitro groups is 1. The predicted octanol–water partition coefficient (Wildman–Crippen LogP) is 3.45. The van der Waals surface area contributed by atoms with Gasteiger partial charge in [-0.2, -0.15) is 0 Å². The van der Waals surface area contributed by atoms with Crippen LogP contribution >= 0.6 is 0 Å². The monoisotopic (exact) mass is 346 g/mol. The number of hydrogen-bond donors (Lipinski definition) is 2. The maximum Gasteiger partial charge on any atom is 0.270 e. The van der Waals surface area contributed by atoms with Crippen molar-refractivity contribution in [2.45, 2.75) is 31.5 Å². The zero-order chi connectivity index (χ0) is 17.8. The highest BCUT2D eigenvalue weighted by Gasteiger charge is 2.27. The Bertz CT molecular complexity index is 745. The van der Waals surface area contributed by atoms with Crippen molar-refractivity contribution in [3.63, 3.8) is 0 Å². The molecule has 0 aromatic heterocycles. The van der Waals surface area contributed by atoms with Crippen LogP contribution in [-0.4, -0.2) is 22.7 Å². The number of nitrogens with zero attached hydrogens (tertiary/aromatic N) is 1. The molecule has 2 N–H and O–H groups in total. The van der Waals surface area contributed by atoms with Crippen LogP contribution in [0.4, 0.5) is 10.1 Å². The van der Waals surface area contributed by atoms with Crippen LogP contribution in [0.15, 0.2) is 42.5 Å². The molecule has 2 aromatic carbocycles. The molecule has 7 heteroatoms. The van der Waals surface area contributed by atoms with E-state index in [1.54, 1.807) is 12.1 Å². The van der Waals surface area contributed by atoms with Gasteiger partial charge in [-0.25, -0.2) is 4.39 Å². The second kappa shape index (κ2) is 7.58. The molecule has 1 heterocycles. The highest BCUT2D eigenvalue weighted by Crippen LogP contribution is 2.29. The molecule has 0 bridgehead atoms. The average Bonchev–Trinajstić information content (AvgIpc) is 3.12. The minimum Gasteiger partial charge on any atom is -0.508 e. The van der Waals surface area contributed by atoms with Crippen LogP contribution in [0, 0.1) is 15.9 Å². The third-order valence-electron chi connectivity index (χ3n) is 4.35. The van der Waals surface area contributed by atoms with Crippen molar-refractivity contribution in [3.05, 3.63) is 69.5 Å². The Kier molecular flexibility index (Phi) is 5.25. The molecule has 2 unspecified atom stereocenters. The van der Waals surface area contributed by atoms with Gasteiger partial charge >= 0.3 is 0 Å². The summed E-state index contributed by atoms with van der Waals surface area (Å²) in [5, 5.41) is 24.2. The molecule has 2 aromatic rings. The molecule has 132 valence electrons. The van der Waals surface area contributed by atoms with Gasteiger partial charge in [-0.05, 0) is 36.6 Å². The highest BCUT2D eigenvalue weighted by atomic mass is 19.1. The van der Waals surface area contributed by atoms with Crippen LogP contribution in [0.2, 0.25) is 0 Å². The number of nitro benzene ring substituents is 1. The van der Waals surface area contributed by atoms with E-state index in [2.05, 4.69) is 5.32 Å². The SMILES string of the molecule is O=[N+]([O-])c1ccc(O)c(CNC(c2ccc(F)cc2)C2CCCO2)c1. The summed E-state index contributed by atoms with van der Waals surface area (Å²) in [4.78, 5) is 10.4. The molecule has 25 heavy (non-hydrogen) atoms. The summed E-state index contributed by atoms with van der Waals surface area (Å²) in [6, 6.07) is 9.91. The Balaban J connectivity index is 1.80. The molecule has 6 nitrogen and oxygen atoms in total. The van der Waals surface area contributed by atoms with Gasteiger partial charge in [-0.15, -0.1) is 0 Å². The summed E-state index contributed by atoms with van der Waals surface area (Å²) in [5.74, 6) is -0.325. The lowest BCUT2D eigenvalue weighted by molar-refractivity contribution is -0.384. The van der Waals surface area contributed by atoms with Crippen molar-refractivity contribution in [3.8, 4) is 5.75 Å². The first-order valence-electron chi connectivity index (χ1n) is 8.11. The Labute approximate surface area is 144 Å². The van der Waals surface area contributed by atoms with E-state index in [0.29, 0.717) is 12.2 Å². The van der Waals surface area contributed by atoms with Crippen LogP contribution < -0.4 is 5.32 Å². The van der Waals surface area contributed by atoms with Crippen molar-refractivity contribution in [1.29, 1.82) is 0 Å². The number of rotatable bonds is 6. The number of ether oxygens (including phenoxy) is 1. The van der Waals surface area contributed by atoms with Crippen LogP contribution in [0.1, 0.15) is 30.0 Å². The van der Waals surface area contributed by atoms with Crippen molar-refractivity contribution in [2.24, 2.45) is 0 Å². The van der Waals surface area contributed by atoms with Crippen molar-refractivity contribution < 1.29 is 19.2 Å². The number of phenols is 1. The molecular formula is C18H19FN2O4. The fourth-order valence-corrected chi connectivity index (χ4v) is 3.05. The van der Waals surface area contributed by atoms with Gasteiger partial charge < -0.3 is 15.2 Å². The van der Waals surface area contributed by atoms with E-state index in [9.17, 15) is 19.6 Å². The van der Waals surface area contributed by atoms with Gasteiger partial charge in [0.2, 0.25) is 0 Å². The normalized spacial score (nSPS) is 18.2. The number of halogens is 1. The summed E-state index contributed by atoms with van der Waals surface area (Å²) in [6.07, 6.45) is 1.76. The van der Waals surface area contributed by atoms with Gasteiger partial charge in [0.25, 0.3) is 5.69 Å². The van der Waals surface area contributed by atoms with E-state index >= 15 is 0 Å². The number of non-ortho nitro benzene ring substituents is 1. The second-order valence-electron chi connectivity index (χ2n) is 6.03. The largest absolute Gasteiger partial charge is 0.508 e. The third kappa shape index (κ3) is 4.12. The first-order chi connectivity index (χ1) is 12.0. The first-order valence-corrected chi connectivity index (χ1v) is 8.11. The van der Waals surface area contributed by atoms with E-state index in [0.717, 1.165) is 18.4 Å². The highest BCUT2D eigenvalue weighted by molar-refractivity contribution is 5.43. The van der Waals surface area contributed by atoms with E-state index in [1.807, 2.05) is 0 Å². The minimum absolute atomic E-state index is 0.0108. The molecular weight excluding hydrogens is 327 g/mol. The second-order valence-corrected chi connectivity index (χ2v) is 6.03. The molecule has 1 fully saturated rings. The summed E-state index contributed by atoms with van der Waals surface area (Å²) in [5.41, 5.74) is 1.22. The molecule has 2 atom stereocenters. The van der Waals surface area contributed by atoms with Gasteiger partial charge in [-0.3, -0.25) is 10.1 Å². The quantitative estimate of drug-likeness (QED) is 0.618. The first kappa shape index (κ1) is 17.3. The fourth-order valence-electron chi connectivity index (χ4n) is 3.05. The Morgan fingerprint density at radius 2 is 2.08 bits per heavy atom. The van der Waals surface area contributed by atoms with Gasteiger partial charge in [0.15, 0.2) is 0 Å². The summed E-state index contributed by atoms with van der Waals surface area (Å²) >= 11 is 0. The maximum absolute atomic E-state index is 13.2. The number of nitrogens with one attached hydrogen (secondary N) is 1. The van der Waals surface area contributed by atoms with E-state index in [4.69, 9.17) is 4.74 Å². The molecule has 1 aliphatic heterocycles. The Hall–Kier alpha value is -2.51. The zero-order valence-corrected chi connectivity index (χ0v) is 13.5. The number of hydrogen-bond acceptors (Lipinski definition) is 5. The molecule has 0 aliphatic carbocycles. The number of aromatic hydroxyl groups is 1. The average molecular weight is 346 g/mol.